The highest BCUT2D eigenvalue weighted by atomic mass is 35.5. The van der Waals surface area contributed by atoms with Crippen LogP contribution >= 0.6 is 23.2 Å². The van der Waals surface area contributed by atoms with Gasteiger partial charge in [-0.1, -0.05) is 35.3 Å². The Balaban J connectivity index is 2.36. The number of halogens is 5. The van der Waals surface area contributed by atoms with Gasteiger partial charge in [0.05, 0.1) is 16.4 Å². The second kappa shape index (κ2) is 6.83. The van der Waals surface area contributed by atoms with Crippen LogP contribution in [0.25, 0.3) is 16.9 Å². The minimum Gasteiger partial charge on any atom is -0.231 e. The minimum absolute atomic E-state index is 0.0694. The average molecular weight is 436 g/mol. The van der Waals surface area contributed by atoms with Gasteiger partial charge in [0.15, 0.2) is 5.69 Å². The summed E-state index contributed by atoms with van der Waals surface area (Å²) < 4.78 is 64.3. The van der Waals surface area contributed by atoms with Crippen molar-refractivity contribution in [3.05, 3.63) is 64.3 Å². The van der Waals surface area contributed by atoms with Gasteiger partial charge in [0.25, 0.3) is 0 Å². The quantitative estimate of drug-likeness (QED) is 0.656. The summed E-state index contributed by atoms with van der Waals surface area (Å²) in [6.07, 6.45) is -4.75. The molecular weight excluding hydrogens is 426 g/mol. The van der Waals surface area contributed by atoms with Crippen molar-refractivity contribution in [3.8, 4) is 16.9 Å². The van der Waals surface area contributed by atoms with Crippen molar-refractivity contribution in [1.82, 2.24) is 9.78 Å². The molecule has 0 unspecified atom stereocenters. The van der Waals surface area contributed by atoms with Crippen LogP contribution in [0.5, 0.6) is 0 Å². The third-order valence-corrected chi connectivity index (χ3v) is 5.11. The van der Waals surface area contributed by atoms with Gasteiger partial charge in [-0.2, -0.15) is 18.3 Å². The Bertz CT molecular complexity index is 1130. The van der Waals surface area contributed by atoms with Gasteiger partial charge in [-0.25, -0.2) is 18.2 Å². The van der Waals surface area contributed by atoms with Crippen LogP contribution in [0.1, 0.15) is 5.69 Å². The first kappa shape index (κ1) is 19.7. The molecular formula is C16H10Cl2F3N3O2S. The molecule has 11 heteroatoms. The Morgan fingerprint density at radius 1 is 1.04 bits per heavy atom. The number of aromatic nitrogens is 2. The SMILES string of the molecule is NS(=O)(=O)c1ccccc1-n1nc(C(F)(F)F)cc1-c1ccc(Cl)cc1Cl. The molecule has 0 spiro atoms. The highest BCUT2D eigenvalue weighted by Gasteiger charge is 2.36. The number of sulfonamides is 1. The van der Waals surface area contributed by atoms with Crippen LogP contribution in [0.15, 0.2) is 53.4 Å². The maximum absolute atomic E-state index is 13.2. The molecule has 1 aromatic heterocycles. The summed E-state index contributed by atoms with van der Waals surface area (Å²) in [5.41, 5.74) is -1.24. The van der Waals surface area contributed by atoms with Crippen LogP contribution in [0.3, 0.4) is 0 Å². The predicted octanol–water partition coefficient (Wildman–Crippen LogP) is 4.51. The van der Waals surface area contributed by atoms with Gasteiger partial charge < -0.3 is 0 Å². The molecule has 5 nitrogen and oxygen atoms in total. The first-order valence-corrected chi connectivity index (χ1v) is 9.53. The van der Waals surface area contributed by atoms with Gasteiger partial charge in [-0.3, -0.25) is 0 Å². The summed E-state index contributed by atoms with van der Waals surface area (Å²) >= 11 is 12.0. The molecule has 2 N–H and O–H groups in total. The number of hydrogen-bond acceptors (Lipinski definition) is 3. The summed E-state index contributed by atoms with van der Waals surface area (Å²) in [5, 5.41) is 9.10. The molecule has 142 valence electrons. The van der Waals surface area contributed by atoms with E-state index in [9.17, 15) is 21.6 Å². The van der Waals surface area contributed by atoms with Gasteiger partial charge in [0.2, 0.25) is 10.0 Å². The lowest BCUT2D eigenvalue weighted by molar-refractivity contribution is -0.141. The van der Waals surface area contributed by atoms with Gasteiger partial charge in [0, 0.05) is 10.6 Å². The topological polar surface area (TPSA) is 78.0 Å². The van der Waals surface area contributed by atoms with E-state index in [2.05, 4.69) is 5.10 Å². The van der Waals surface area contributed by atoms with Crippen molar-refractivity contribution < 1.29 is 21.6 Å². The molecule has 27 heavy (non-hydrogen) atoms. The Morgan fingerprint density at radius 2 is 1.70 bits per heavy atom. The number of alkyl halides is 3. The Kier molecular flexibility index (Phi) is 4.98. The van der Waals surface area contributed by atoms with E-state index < -0.39 is 21.9 Å². The first-order chi connectivity index (χ1) is 12.5. The molecule has 0 aliphatic rings. The molecule has 0 amide bonds. The number of hydrogen-bond donors (Lipinski definition) is 1. The highest BCUT2D eigenvalue weighted by molar-refractivity contribution is 7.89. The van der Waals surface area contributed by atoms with Crippen molar-refractivity contribution in [1.29, 1.82) is 0 Å². The van der Waals surface area contributed by atoms with Crippen molar-refractivity contribution in [2.75, 3.05) is 0 Å². The zero-order chi connectivity index (χ0) is 20.0. The molecule has 3 aromatic rings. The molecule has 0 fully saturated rings. The maximum Gasteiger partial charge on any atom is 0.435 e. The van der Waals surface area contributed by atoms with E-state index in [1.54, 1.807) is 0 Å². The van der Waals surface area contributed by atoms with Gasteiger partial charge in [-0.05, 0) is 36.4 Å². The molecule has 0 aliphatic carbocycles. The van der Waals surface area contributed by atoms with Crippen LogP contribution in [-0.2, 0) is 16.2 Å². The molecule has 0 saturated carbocycles. The third-order valence-electron chi connectivity index (χ3n) is 3.61. The summed E-state index contributed by atoms with van der Waals surface area (Å²) in [4.78, 5) is -0.381. The van der Waals surface area contributed by atoms with E-state index in [4.69, 9.17) is 28.3 Å². The molecule has 1 heterocycles. The van der Waals surface area contributed by atoms with Crippen molar-refractivity contribution in [2.24, 2.45) is 5.14 Å². The number of benzene rings is 2. The zero-order valence-electron chi connectivity index (χ0n) is 13.2. The molecule has 3 rings (SSSR count). The lowest BCUT2D eigenvalue weighted by Crippen LogP contribution is -2.16. The number of nitrogens with zero attached hydrogens (tertiary/aromatic N) is 2. The van der Waals surface area contributed by atoms with Crippen molar-refractivity contribution in [2.45, 2.75) is 11.1 Å². The molecule has 0 bridgehead atoms. The van der Waals surface area contributed by atoms with Gasteiger partial charge in [-0.15, -0.1) is 0 Å². The van der Waals surface area contributed by atoms with Crippen molar-refractivity contribution >= 4 is 33.2 Å². The Hall–Kier alpha value is -2.07. The normalized spacial score (nSPS) is 12.4. The van der Waals surface area contributed by atoms with E-state index in [1.807, 2.05) is 0 Å². The zero-order valence-corrected chi connectivity index (χ0v) is 15.5. The molecule has 0 saturated heterocycles. The fraction of sp³-hybridized carbons (Fsp3) is 0.0625. The van der Waals surface area contributed by atoms with Crippen LogP contribution in [0.2, 0.25) is 10.0 Å². The summed E-state index contributed by atoms with van der Waals surface area (Å²) in [6.45, 7) is 0. The van der Waals surface area contributed by atoms with Crippen LogP contribution in [0, 0.1) is 0 Å². The van der Waals surface area contributed by atoms with Gasteiger partial charge in [0.1, 0.15) is 4.90 Å². The van der Waals surface area contributed by atoms with E-state index in [0.717, 1.165) is 10.7 Å². The highest BCUT2D eigenvalue weighted by Crippen LogP contribution is 2.37. The third kappa shape index (κ3) is 3.96. The fourth-order valence-corrected chi connectivity index (χ4v) is 3.68. The van der Waals surface area contributed by atoms with Crippen LogP contribution < -0.4 is 5.14 Å². The summed E-state index contributed by atoms with van der Waals surface area (Å²) in [5.74, 6) is 0. The largest absolute Gasteiger partial charge is 0.435 e. The monoisotopic (exact) mass is 435 g/mol. The lowest BCUT2D eigenvalue weighted by Gasteiger charge is -2.12. The van der Waals surface area contributed by atoms with E-state index in [-0.39, 0.29) is 31.9 Å². The van der Waals surface area contributed by atoms with E-state index >= 15 is 0 Å². The predicted molar refractivity (Wildman–Crippen MR) is 95.4 cm³/mol. The van der Waals surface area contributed by atoms with Crippen LogP contribution in [0.4, 0.5) is 13.2 Å². The number of rotatable bonds is 3. The fourth-order valence-electron chi connectivity index (χ4n) is 2.47. The van der Waals surface area contributed by atoms with E-state index in [1.165, 1.54) is 42.5 Å². The Labute approximate surface area is 162 Å². The minimum atomic E-state index is -4.75. The number of primary sulfonamides is 1. The number of nitrogens with two attached hydrogens (primary N) is 1. The molecule has 0 radical (unpaired) electrons. The van der Waals surface area contributed by atoms with Crippen LogP contribution in [-0.4, -0.2) is 18.2 Å². The smallest absolute Gasteiger partial charge is 0.231 e. The standard InChI is InChI=1S/C16H10Cl2F3N3O2S/c17-9-5-6-10(11(18)7-9)13-8-15(16(19,20)21)23-24(13)12-3-1-2-4-14(12)27(22,25)26/h1-8H,(H2,22,25,26). The number of para-hydroxylation sites is 1. The average Bonchev–Trinajstić information content (AvgIpc) is 2.99. The second-order valence-corrected chi connectivity index (χ2v) is 7.83. The molecule has 0 aliphatic heterocycles. The lowest BCUT2D eigenvalue weighted by atomic mass is 10.1. The Morgan fingerprint density at radius 3 is 2.30 bits per heavy atom. The summed E-state index contributed by atoms with van der Waals surface area (Å²) in [6, 6.07) is 10.3. The second-order valence-electron chi connectivity index (χ2n) is 5.46. The van der Waals surface area contributed by atoms with Crippen molar-refractivity contribution in [3.63, 3.8) is 0 Å². The summed E-state index contributed by atoms with van der Waals surface area (Å²) in [7, 11) is -4.22. The maximum atomic E-state index is 13.2. The first-order valence-electron chi connectivity index (χ1n) is 7.23. The van der Waals surface area contributed by atoms with Gasteiger partial charge >= 0.3 is 6.18 Å². The molecule has 2 aromatic carbocycles. The molecule has 0 atom stereocenters. The van der Waals surface area contributed by atoms with E-state index in [0.29, 0.717) is 0 Å².